The number of pyridine rings is 1. The normalized spacial score (nSPS) is 17.9. The van der Waals surface area contributed by atoms with Gasteiger partial charge in [0.05, 0.1) is 23.7 Å². The number of primary amides is 1. The number of fused-ring (bicyclic) bond motifs is 3. The van der Waals surface area contributed by atoms with Crippen molar-refractivity contribution in [1.29, 1.82) is 0 Å². The molecule has 3 aromatic heterocycles. The van der Waals surface area contributed by atoms with E-state index in [2.05, 4.69) is 25.9 Å². The van der Waals surface area contributed by atoms with Crippen molar-refractivity contribution >= 4 is 50.9 Å². The smallest absolute Gasteiger partial charge is 0.220 e. The van der Waals surface area contributed by atoms with Crippen LogP contribution in [0.3, 0.4) is 0 Å². The molecule has 0 spiro atoms. The number of nitrogens with one attached hydrogen (secondary N) is 2. The number of hydrogen-bond donors (Lipinski definition) is 3. The Hall–Kier alpha value is -3.66. The summed E-state index contributed by atoms with van der Waals surface area (Å²) in [7, 11) is 1.59. The summed E-state index contributed by atoms with van der Waals surface area (Å²) in [5.74, 6) is 1.68. The number of halogens is 1. The number of anilines is 2. The van der Waals surface area contributed by atoms with Gasteiger partial charge in [-0.15, -0.1) is 10.2 Å². The first kappa shape index (κ1) is 24.1. The number of amides is 1. The second-order valence-electron chi connectivity index (χ2n) is 9.06. The molecule has 1 aliphatic rings. The summed E-state index contributed by atoms with van der Waals surface area (Å²) >= 11 is 6.31. The molecule has 11 heteroatoms. The lowest BCUT2D eigenvalue weighted by Crippen LogP contribution is -2.32. The Bertz CT molecular complexity index is 1410. The van der Waals surface area contributed by atoms with E-state index in [4.69, 9.17) is 27.1 Å². The molecular weight excluding hydrogens is 480 g/mol. The van der Waals surface area contributed by atoms with Crippen molar-refractivity contribution in [3.05, 3.63) is 41.2 Å². The Labute approximate surface area is 213 Å². The van der Waals surface area contributed by atoms with E-state index in [1.807, 2.05) is 42.2 Å². The maximum absolute atomic E-state index is 11.5. The number of hydrogen-bond acceptors (Lipinski definition) is 8. The van der Waals surface area contributed by atoms with Gasteiger partial charge < -0.3 is 21.1 Å². The molecule has 1 aromatic carbocycles. The number of rotatable bonds is 8. The maximum atomic E-state index is 11.5. The minimum Gasteiger partial charge on any atom is -0.495 e. The number of methoxy groups -OCH3 is 1. The molecule has 10 nitrogen and oxygen atoms in total. The van der Waals surface area contributed by atoms with Crippen molar-refractivity contribution < 1.29 is 9.53 Å². The van der Waals surface area contributed by atoms with Crippen molar-refractivity contribution in [3.63, 3.8) is 0 Å². The molecule has 36 heavy (non-hydrogen) atoms. The molecule has 1 saturated carbocycles. The highest BCUT2D eigenvalue weighted by Crippen LogP contribution is 2.34. The number of nitrogens with zero attached hydrogens (tertiary/aromatic N) is 5. The number of benzene rings is 1. The van der Waals surface area contributed by atoms with Gasteiger partial charge in [-0.05, 0) is 50.3 Å². The van der Waals surface area contributed by atoms with Crippen LogP contribution in [0.15, 0.2) is 30.6 Å². The largest absolute Gasteiger partial charge is 0.495 e. The maximum Gasteiger partial charge on any atom is 0.220 e. The third kappa shape index (κ3) is 4.60. The lowest BCUT2D eigenvalue weighted by Gasteiger charge is -2.28. The molecule has 0 saturated heterocycles. The Balaban J connectivity index is 1.48. The number of aryl methyl sites for hydroxylation is 1. The van der Waals surface area contributed by atoms with Crippen LogP contribution in [0.2, 0.25) is 5.02 Å². The summed E-state index contributed by atoms with van der Waals surface area (Å²) in [6, 6.07) is 5.86. The molecule has 1 fully saturated rings. The predicted octanol–water partition coefficient (Wildman–Crippen LogP) is 4.12. The lowest BCUT2D eigenvalue weighted by molar-refractivity contribution is -0.122. The van der Waals surface area contributed by atoms with Gasteiger partial charge >= 0.3 is 0 Å². The minimum absolute atomic E-state index is 0.0508. The van der Waals surface area contributed by atoms with Crippen LogP contribution in [0.1, 0.15) is 38.2 Å². The number of carbonyl (C=O) groups excluding carboxylic acids is 1. The van der Waals surface area contributed by atoms with Gasteiger partial charge in [0, 0.05) is 42.0 Å². The molecule has 188 valence electrons. The average molecular weight is 509 g/mol. The number of nitrogens with two attached hydrogens (primary N) is 1. The van der Waals surface area contributed by atoms with Crippen LogP contribution >= 0.6 is 11.6 Å². The van der Waals surface area contributed by atoms with E-state index in [1.165, 1.54) is 0 Å². The molecule has 0 bridgehead atoms. The highest BCUT2D eigenvalue weighted by atomic mass is 35.5. The Morgan fingerprint density at radius 1 is 1.17 bits per heavy atom. The second-order valence-corrected chi connectivity index (χ2v) is 9.47. The summed E-state index contributed by atoms with van der Waals surface area (Å²) in [6.07, 6.45) is 6.89. The Morgan fingerprint density at radius 3 is 2.64 bits per heavy atom. The third-order valence-corrected chi connectivity index (χ3v) is 7.15. The van der Waals surface area contributed by atoms with Crippen molar-refractivity contribution in [2.24, 2.45) is 11.7 Å². The molecular formula is C25H29ClN8O2. The number of carbonyl (C=O) groups is 1. The molecule has 0 radical (unpaired) electrons. The van der Waals surface area contributed by atoms with Gasteiger partial charge in [-0.2, -0.15) is 5.10 Å². The first-order valence-corrected chi connectivity index (χ1v) is 12.5. The van der Waals surface area contributed by atoms with Crippen molar-refractivity contribution in [2.75, 3.05) is 17.7 Å². The van der Waals surface area contributed by atoms with E-state index in [0.717, 1.165) is 53.1 Å². The van der Waals surface area contributed by atoms with Gasteiger partial charge in [-0.3, -0.25) is 4.79 Å². The van der Waals surface area contributed by atoms with E-state index in [1.54, 1.807) is 7.11 Å². The zero-order valence-electron chi connectivity index (χ0n) is 20.3. The molecule has 4 N–H and O–H groups in total. The fraction of sp³-hybridized carbons (Fsp3) is 0.400. The first-order chi connectivity index (χ1) is 17.5. The Morgan fingerprint density at radius 2 is 1.94 bits per heavy atom. The molecule has 5 rings (SSSR count). The second kappa shape index (κ2) is 10.1. The Kier molecular flexibility index (Phi) is 6.77. The van der Waals surface area contributed by atoms with Crippen molar-refractivity contribution in [2.45, 2.75) is 51.7 Å². The van der Waals surface area contributed by atoms with Crippen LogP contribution in [0, 0.1) is 5.92 Å². The summed E-state index contributed by atoms with van der Waals surface area (Å²) in [4.78, 5) is 16.2. The monoisotopic (exact) mass is 508 g/mol. The van der Waals surface area contributed by atoms with Crippen molar-refractivity contribution in [1.82, 2.24) is 25.0 Å². The SMILES string of the molecule is CCn1ncc2c3c(NCc4ccc(OC)c(Cl)c4)nnc(NC4CCC(C(N)=O)CC4)c3cnc21. The van der Waals surface area contributed by atoms with Gasteiger partial charge in [0.2, 0.25) is 5.91 Å². The molecule has 1 aliphatic carbocycles. The average Bonchev–Trinajstić information content (AvgIpc) is 3.32. The van der Waals surface area contributed by atoms with E-state index >= 15 is 0 Å². The first-order valence-electron chi connectivity index (χ1n) is 12.1. The standard InChI is InChI=1S/C25H29ClN8O2/c1-3-34-25-18(13-30-34)21-17(12-29-25)23(31-16-7-5-15(6-8-16)22(27)35)32-33-24(21)28-11-14-4-9-20(36-2)19(26)10-14/h4,9-10,12-13,15-16H,3,5-8,11H2,1-2H3,(H2,27,35)(H,28,33)(H,31,32). The molecule has 0 unspecified atom stereocenters. The van der Waals surface area contributed by atoms with Crippen LogP contribution in [0.5, 0.6) is 5.75 Å². The zero-order valence-corrected chi connectivity index (χ0v) is 21.0. The van der Waals surface area contributed by atoms with Gasteiger partial charge in [0.1, 0.15) is 5.75 Å². The van der Waals surface area contributed by atoms with E-state index in [0.29, 0.717) is 35.5 Å². The summed E-state index contributed by atoms with van der Waals surface area (Å²) in [5, 5.41) is 23.8. The van der Waals surface area contributed by atoms with Crippen LogP contribution in [-0.4, -0.2) is 44.0 Å². The predicted molar refractivity (Wildman–Crippen MR) is 140 cm³/mol. The summed E-state index contributed by atoms with van der Waals surface area (Å²) < 4.78 is 7.12. The van der Waals surface area contributed by atoms with Crippen molar-refractivity contribution in [3.8, 4) is 5.75 Å². The van der Waals surface area contributed by atoms with Crippen LogP contribution in [-0.2, 0) is 17.9 Å². The minimum atomic E-state index is -0.216. The number of aromatic nitrogens is 5. The molecule has 3 heterocycles. The summed E-state index contributed by atoms with van der Waals surface area (Å²) in [6.45, 7) is 3.25. The van der Waals surface area contributed by atoms with Crippen LogP contribution in [0.4, 0.5) is 11.6 Å². The van der Waals surface area contributed by atoms with Gasteiger partial charge in [0.25, 0.3) is 0 Å². The number of ether oxygens (including phenoxy) is 1. The molecule has 0 aliphatic heterocycles. The lowest BCUT2D eigenvalue weighted by atomic mass is 9.85. The quantitative estimate of drug-likeness (QED) is 0.323. The topological polar surface area (TPSA) is 133 Å². The van der Waals surface area contributed by atoms with E-state index in [-0.39, 0.29) is 17.9 Å². The van der Waals surface area contributed by atoms with Crippen LogP contribution in [0.25, 0.3) is 21.8 Å². The fourth-order valence-corrected chi connectivity index (χ4v) is 5.13. The highest BCUT2D eigenvalue weighted by molar-refractivity contribution is 6.32. The van der Waals surface area contributed by atoms with Gasteiger partial charge in [0.15, 0.2) is 17.3 Å². The van der Waals surface area contributed by atoms with Gasteiger partial charge in [-0.25, -0.2) is 9.67 Å². The van der Waals surface area contributed by atoms with E-state index < -0.39 is 0 Å². The van der Waals surface area contributed by atoms with E-state index in [9.17, 15) is 4.79 Å². The zero-order chi connectivity index (χ0) is 25.2. The fourth-order valence-electron chi connectivity index (χ4n) is 4.85. The molecule has 4 aromatic rings. The summed E-state index contributed by atoms with van der Waals surface area (Å²) in [5.41, 5.74) is 7.28. The van der Waals surface area contributed by atoms with Gasteiger partial charge in [-0.1, -0.05) is 17.7 Å². The molecule has 1 amide bonds. The van der Waals surface area contributed by atoms with Crippen LogP contribution < -0.4 is 21.1 Å². The molecule has 0 atom stereocenters. The third-order valence-electron chi connectivity index (χ3n) is 6.85. The highest BCUT2D eigenvalue weighted by Gasteiger charge is 2.26.